The van der Waals surface area contributed by atoms with E-state index in [1.807, 2.05) is 61.5 Å². The second-order valence-corrected chi connectivity index (χ2v) is 6.33. The molecular formula is C19H17IN2O2. The first-order valence-corrected chi connectivity index (χ1v) is 8.44. The molecule has 0 spiro atoms. The molecule has 0 aliphatic heterocycles. The number of halogens is 1. The molecule has 24 heavy (non-hydrogen) atoms. The molecule has 1 N–H and O–H groups in total. The normalized spacial score (nSPS) is 12.2. The van der Waals surface area contributed by atoms with Crippen molar-refractivity contribution >= 4 is 34.6 Å². The van der Waals surface area contributed by atoms with E-state index in [1.54, 1.807) is 13.2 Å². The van der Waals surface area contributed by atoms with Crippen molar-refractivity contribution in [2.24, 2.45) is 0 Å². The zero-order chi connectivity index (χ0) is 17.5. The Hall–Kier alpha value is -2.33. The maximum absolute atomic E-state index is 12.3. The second-order valence-electron chi connectivity index (χ2n) is 5.17. The number of benzene rings is 2. The Labute approximate surface area is 155 Å². The van der Waals surface area contributed by atoms with Crippen molar-refractivity contribution in [3.63, 3.8) is 0 Å². The summed E-state index contributed by atoms with van der Waals surface area (Å²) < 4.78 is 6.12. The SMILES string of the molecule is COc1ccc(/C=C(/C#N)C(=O)N[C@@H](C)c2ccccc2)cc1I. The summed E-state index contributed by atoms with van der Waals surface area (Å²) in [6.07, 6.45) is 1.58. The summed E-state index contributed by atoms with van der Waals surface area (Å²) >= 11 is 2.15. The fourth-order valence-corrected chi connectivity index (χ4v) is 2.95. The molecule has 1 amide bonds. The summed E-state index contributed by atoms with van der Waals surface area (Å²) in [7, 11) is 1.60. The number of ether oxygens (including phenoxy) is 1. The van der Waals surface area contributed by atoms with Gasteiger partial charge in [0.05, 0.1) is 16.7 Å². The van der Waals surface area contributed by atoms with Crippen LogP contribution in [0.2, 0.25) is 0 Å². The largest absolute Gasteiger partial charge is 0.496 e. The number of hydrogen-bond donors (Lipinski definition) is 1. The van der Waals surface area contributed by atoms with E-state index in [4.69, 9.17) is 4.74 Å². The van der Waals surface area contributed by atoms with E-state index >= 15 is 0 Å². The molecule has 0 saturated carbocycles. The van der Waals surface area contributed by atoms with Gasteiger partial charge < -0.3 is 10.1 Å². The Bertz CT molecular complexity index is 795. The number of amides is 1. The maximum atomic E-state index is 12.3. The van der Waals surface area contributed by atoms with Gasteiger partial charge in [-0.1, -0.05) is 36.4 Å². The van der Waals surface area contributed by atoms with Crippen molar-refractivity contribution in [3.05, 3.63) is 68.8 Å². The molecule has 4 nitrogen and oxygen atoms in total. The molecule has 0 aliphatic carbocycles. The Kier molecular flexibility index (Phi) is 6.38. The average Bonchev–Trinajstić information content (AvgIpc) is 2.60. The van der Waals surface area contributed by atoms with Crippen molar-refractivity contribution < 1.29 is 9.53 Å². The number of carbonyl (C=O) groups is 1. The number of hydrogen-bond acceptors (Lipinski definition) is 3. The molecule has 0 aliphatic rings. The summed E-state index contributed by atoms with van der Waals surface area (Å²) in [5.41, 5.74) is 1.83. The van der Waals surface area contributed by atoms with Crippen molar-refractivity contribution in [2.75, 3.05) is 7.11 Å². The molecule has 0 heterocycles. The van der Waals surface area contributed by atoms with Crippen LogP contribution in [0.3, 0.4) is 0 Å². The van der Waals surface area contributed by atoms with Crippen molar-refractivity contribution in [1.29, 1.82) is 5.26 Å². The highest BCUT2D eigenvalue weighted by Crippen LogP contribution is 2.23. The van der Waals surface area contributed by atoms with E-state index in [2.05, 4.69) is 27.9 Å². The van der Waals surface area contributed by atoms with Crippen molar-refractivity contribution in [1.82, 2.24) is 5.32 Å². The zero-order valence-electron chi connectivity index (χ0n) is 13.4. The van der Waals surface area contributed by atoms with Crippen LogP contribution in [-0.4, -0.2) is 13.0 Å². The van der Waals surface area contributed by atoms with Crippen LogP contribution < -0.4 is 10.1 Å². The van der Waals surface area contributed by atoms with Crippen LogP contribution in [0.25, 0.3) is 6.08 Å². The fraction of sp³-hybridized carbons (Fsp3) is 0.158. The van der Waals surface area contributed by atoms with Gasteiger partial charge in [-0.05, 0) is 58.9 Å². The fourth-order valence-electron chi connectivity index (χ4n) is 2.19. The van der Waals surface area contributed by atoms with E-state index in [1.165, 1.54) is 0 Å². The van der Waals surface area contributed by atoms with E-state index in [9.17, 15) is 10.1 Å². The Morgan fingerprint density at radius 1 is 1.29 bits per heavy atom. The van der Waals surface area contributed by atoms with E-state index in [0.29, 0.717) is 0 Å². The standard InChI is InChI=1S/C19H17IN2O2/c1-13(15-6-4-3-5-7-15)22-19(23)16(12-21)10-14-8-9-18(24-2)17(20)11-14/h3-11,13H,1-2H3,(H,22,23)/b16-10-/t13-/m0/s1. The number of nitrogens with zero attached hydrogens (tertiary/aromatic N) is 1. The zero-order valence-corrected chi connectivity index (χ0v) is 15.6. The topological polar surface area (TPSA) is 62.1 Å². The Balaban J connectivity index is 2.17. The quantitative estimate of drug-likeness (QED) is 0.440. The molecule has 0 saturated heterocycles. The maximum Gasteiger partial charge on any atom is 0.262 e. The van der Waals surface area contributed by atoms with Crippen LogP contribution in [0.5, 0.6) is 5.75 Å². The van der Waals surface area contributed by atoms with E-state index in [0.717, 1.165) is 20.4 Å². The molecule has 0 aromatic heterocycles. The number of rotatable bonds is 5. The van der Waals surface area contributed by atoms with Crippen molar-refractivity contribution in [3.8, 4) is 11.8 Å². The number of carbonyl (C=O) groups excluding carboxylic acids is 1. The van der Waals surface area contributed by atoms with Gasteiger partial charge in [0.1, 0.15) is 17.4 Å². The Morgan fingerprint density at radius 2 is 2.00 bits per heavy atom. The van der Waals surface area contributed by atoms with Gasteiger partial charge in [0.25, 0.3) is 5.91 Å². The molecule has 1 atom stereocenters. The predicted octanol–water partition coefficient (Wildman–Crippen LogP) is 4.08. The minimum absolute atomic E-state index is 0.0683. The number of nitriles is 1. The molecule has 0 radical (unpaired) electrons. The number of nitrogens with one attached hydrogen (secondary N) is 1. The first-order valence-electron chi connectivity index (χ1n) is 7.36. The third-order valence-corrected chi connectivity index (χ3v) is 4.34. The highest BCUT2D eigenvalue weighted by Gasteiger charge is 2.14. The molecule has 2 rings (SSSR count). The van der Waals surface area contributed by atoms with Crippen LogP contribution in [0.4, 0.5) is 0 Å². The van der Waals surface area contributed by atoms with Gasteiger partial charge >= 0.3 is 0 Å². The summed E-state index contributed by atoms with van der Waals surface area (Å²) in [6, 6.07) is 16.9. The molecule has 0 bridgehead atoms. The van der Waals surface area contributed by atoms with E-state index < -0.39 is 0 Å². The summed E-state index contributed by atoms with van der Waals surface area (Å²) in [5.74, 6) is 0.369. The van der Waals surface area contributed by atoms with Gasteiger partial charge in [0, 0.05) is 0 Å². The lowest BCUT2D eigenvalue weighted by atomic mass is 10.1. The highest BCUT2D eigenvalue weighted by atomic mass is 127. The van der Waals surface area contributed by atoms with Crippen LogP contribution in [-0.2, 0) is 4.79 Å². The third-order valence-electron chi connectivity index (χ3n) is 3.50. The molecule has 5 heteroatoms. The lowest BCUT2D eigenvalue weighted by Gasteiger charge is -2.13. The van der Waals surface area contributed by atoms with E-state index in [-0.39, 0.29) is 17.5 Å². The van der Waals surface area contributed by atoms with Crippen LogP contribution in [0.15, 0.2) is 54.1 Å². The Morgan fingerprint density at radius 3 is 2.58 bits per heavy atom. The van der Waals surface area contributed by atoms with Gasteiger partial charge in [-0.3, -0.25) is 4.79 Å². The summed E-state index contributed by atoms with van der Waals surface area (Å²) in [4.78, 5) is 12.3. The molecule has 2 aromatic rings. The molecule has 122 valence electrons. The molecule has 0 unspecified atom stereocenters. The lowest BCUT2D eigenvalue weighted by Crippen LogP contribution is -2.27. The molecular weight excluding hydrogens is 415 g/mol. The van der Waals surface area contributed by atoms with Gasteiger partial charge in [0.15, 0.2) is 0 Å². The van der Waals surface area contributed by atoms with Crippen LogP contribution in [0, 0.1) is 14.9 Å². The average molecular weight is 432 g/mol. The predicted molar refractivity (Wildman–Crippen MR) is 102 cm³/mol. The minimum Gasteiger partial charge on any atom is -0.496 e. The first kappa shape index (κ1) is 18.0. The second kappa shape index (κ2) is 8.50. The minimum atomic E-state index is -0.389. The smallest absolute Gasteiger partial charge is 0.262 e. The van der Waals surface area contributed by atoms with Gasteiger partial charge in [-0.15, -0.1) is 0 Å². The van der Waals surface area contributed by atoms with Gasteiger partial charge in [-0.25, -0.2) is 0 Å². The third kappa shape index (κ3) is 4.59. The van der Waals surface area contributed by atoms with Gasteiger partial charge in [-0.2, -0.15) is 5.26 Å². The van der Waals surface area contributed by atoms with Gasteiger partial charge in [0.2, 0.25) is 0 Å². The summed E-state index contributed by atoms with van der Waals surface area (Å²) in [5, 5.41) is 12.2. The monoisotopic (exact) mass is 432 g/mol. The molecule has 2 aromatic carbocycles. The number of methoxy groups -OCH3 is 1. The molecule has 0 fully saturated rings. The highest BCUT2D eigenvalue weighted by molar-refractivity contribution is 14.1. The van der Waals surface area contributed by atoms with Crippen LogP contribution in [0.1, 0.15) is 24.1 Å². The van der Waals surface area contributed by atoms with Crippen LogP contribution >= 0.6 is 22.6 Å². The first-order chi connectivity index (χ1) is 11.5. The summed E-state index contributed by atoms with van der Waals surface area (Å²) in [6.45, 7) is 1.89. The van der Waals surface area contributed by atoms with Crippen molar-refractivity contribution in [2.45, 2.75) is 13.0 Å². The lowest BCUT2D eigenvalue weighted by molar-refractivity contribution is -0.117.